The Morgan fingerprint density at radius 3 is 2.80 bits per heavy atom. The van der Waals surface area contributed by atoms with Crippen molar-refractivity contribution in [3.8, 4) is 0 Å². The van der Waals surface area contributed by atoms with Crippen LogP contribution in [0.1, 0.15) is 6.42 Å². The van der Waals surface area contributed by atoms with Crippen LogP contribution in [-0.2, 0) is 16.1 Å². The first-order valence-electron chi connectivity index (χ1n) is 7.86. The van der Waals surface area contributed by atoms with E-state index in [0.29, 0.717) is 12.2 Å². The van der Waals surface area contributed by atoms with Gasteiger partial charge in [0, 0.05) is 31.7 Å². The highest BCUT2D eigenvalue weighted by molar-refractivity contribution is 7.80. The average molecular weight is 355 g/mol. The lowest BCUT2D eigenvalue weighted by molar-refractivity contribution is -0.130. The predicted molar refractivity (Wildman–Crippen MR) is 98.4 cm³/mol. The van der Waals surface area contributed by atoms with E-state index < -0.39 is 17.7 Å². The van der Waals surface area contributed by atoms with E-state index in [0.717, 1.165) is 13.0 Å². The molecule has 0 spiro atoms. The maximum Gasteiger partial charge on any atom is 0.251 e. The van der Waals surface area contributed by atoms with Crippen LogP contribution in [0.3, 0.4) is 0 Å². The van der Waals surface area contributed by atoms with E-state index >= 15 is 0 Å². The quantitative estimate of drug-likeness (QED) is 0.368. The molecular formula is C17H17N5O2S. The molecule has 7 nitrogen and oxygen atoms in total. The van der Waals surface area contributed by atoms with Gasteiger partial charge in [0.25, 0.3) is 5.91 Å². The third-order valence-electron chi connectivity index (χ3n) is 3.73. The molecule has 2 amide bonds. The van der Waals surface area contributed by atoms with Gasteiger partial charge in [-0.2, -0.15) is 0 Å². The van der Waals surface area contributed by atoms with Gasteiger partial charge in [0.05, 0.1) is 12.0 Å². The van der Waals surface area contributed by atoms with Gasteiger partial charge in [-0.15, -0.1) is 0 Å². The molecule has 0 unspecified atom stereocenters. The number of aromatic nitrogens is 2. The van der Waals surface area contributed by atoms with Crippen molar-refractivity contribution in [1.82, 2.24) is 14.9 Å². The summed E-state index contributed by atoms with van der Waals surface area (Å²) in [4.78, 5) is 34.3. The monoisotopic (exact) mass is 355 g/mol. The lowest BCUT2D eigenvalue weighted by atomic mass is 10.1. The molecule has 128 valence electrons. The normalized spacial score (nSPS) is 18.0. The Balaban J connectivity index is 1.63. The first-order valence-corrected chi connectivity index (χ1v) is 8.27. The first-order chi connectivity index (χ1) is 12.2. The number of anilines is 1. The third kappa shape index (κ3) is 3.97. The zero-order valence-corrected chi connectivity index (χ0v) is 14.2. The van der Waals surface area contributed by atoms with Crippen molar-refractivity contribution in [1.29, 1.82) is 0 Å². The molecule has 2 heterocycles. The standard InChI is InChI=1S/C17H17N5O2S/c23-15-14(11-18-7-4-9-21-10-8-19-12-21)16(24)22(17(25)20-15)13-5-2-1-3-6-13/h1-3,5-6,8,10-12,14H,4,7,9H2,(H,20,23,25)/t14-/m0/s1. The van der Waals surface area contributed by atoms with Gasteiger partial charge in [-0.3, -0.25) is 19.5 Å². The van der Waals surface area contributed by atoms with Crippen LogP contribution >= 0.6 is 12.2 Å². The molecule has 0 radical (unpaired) electrons. The van der Waals surface area contributed by atoms with Crippen LogP contribution < -0.4 is 10.2 Å². The fraction of sp³-hybridized carbons (Fsp3) is 0.235. The van der Waals surface area contributed by atoms with Crippen molar-refractivity contribution in [3.05, 3.63) is 49.1 Å². The molecule has 1 aliphatic rings. The molecule has 1 atom stereocenters. The molecule has 25 heavy (non-hydrogen) atoms. The second-order valence-electron chi connectivity index (χ2n) is 5.49. The molecular weight excluding hydrogens is 338 g/mol. The van der Waals surface area contributed by atoms with Crippen LogP contribution in [0.5, 0.6) is 0 Å². The molecule has 1 aromatic carbocycles. The molecule has 0 saturated carbocycles. The van der Waals surface area contributed by atoms with Crippen molar-refractivity contribution in [2.45, 2.75) is 13.0 Å². The summed E-state index contributed by atoms with van der Waals surface area (Å²) in [5.41, 5.74) is 0.621. The molecule has 1 aliphatic heterocycles. The van der Waals surface area contributed by atoms with Crippen molar-refractivity contribution in [2.75, 3.05) is 11.4 Å². The van der Waals surface area contributed by atoms with Gasteiger partial charge >= 0.3 is 0 Å². The van der Waals surface area contributed by atoms with Crippen molar-refractivity contribution >= 4 is 41.0 Å². The molecule has 1 saturated heterocycles. The van der Waals surface area contributed by atoms with Crippen LogP contribution in [0, 0.1) is 5.92 Å². The zero-order valence-electron chi connectivity index (χ0n) is 13.4. The van der Waals surface area contributed by atoms with E-state index in [1.807, 2.05) is 16.8 Å². The third-order valence-corrected chi connectivity index (χ3v) is 4.02. The van der Waals surface area contributed by atoms with Gasteiger partial charge in [-0.25, -0.2) is 4.98 Å². The fourth-order valence-electron chi connectivity index (χ4n) is 2.49. The fourth-order valence-corrected chi connectivity index (χ4v) is 2.78. The summed E-state index contributed by atoms with van der Waals surface area (Å²) >= 11 is 5.14. The lowest BCUT2D eigenvalue weighted by Gasteiger charge is -2.30. The number of benzene rings is 1. The highest BCUT2D eigenvalue weighted by Crippen LogP contribution is 2.19. The minimum Gasteiger partial charge on any atom is -0.337 e. The number of rotatable bonds is 6. The Morgan fingerprint density at radius 1 is 1.28 bits per heavy atom. The SMILES string of the molecule is O=C1NC(=S)N(c2ccccc2)C(=O)[C@H]1C=NCCCn1ccnc1. The lowest BCUT2D eigenvalue weighted by Crippen LogP contribution is -2.58. The van der Waals surface area contributed by atoms with E-state index in [4.69, 9.17) is 12.2 Å². The summed E-state index contributed by atoms with van der Waals surface area (Å²) in [5, 5.41) is 2.65. The van der Waals surface area contributed by atoms with Gasteiger partial charge in [-0.05, 0) is 30.8 Å². The topological polar surface area (TPSA) is 79.6 Å². The summed E-state index contributed by atoms with van der Waals surface area (Å²) in [7, 11) is 0. The Labute approximate surface area is 150 Å². The van der Waals surface area contributed by atoms with Crippen molar-refractivity contribution < 1.29 is 9.59 Å². The van der Waals surface area contributed by atoms with E-state index in [2.05, 4.69) is 15.3 Å². The second-order valence-corrected chi connectivity index (χ2v) is 5.88. The summed E-state index contributed by atoms with van der Waals surface area (Å²) in [6, 6.07) is 8.99. The Morgan fingerprint density at radius 2 is 2.08 bits per heavy atom. The predicted octanol–water partition coefficient (Wildman–Crippen LogP) is 1.41. The number of carbonyl (C=O) groups excluding carboxylic acids is 2. The molecule has 0 aliphatic carbocycles. The number of nitrogens with zero attached hydrogens (tertiary/aromatic N) is 4. The number of aliphatic imine (C=N–C) groups is 1. The Hall–Kier alpha value is -2.87. The van der Waals surface area contributed by atoms with Crippen molar-refractivity contribution in [2.24, 2.45) is 10.9 Å². The van der Waals surface area contributed by atoms with Crippen LogP contribution in [0.4, 0.5) is 5.69 Å². The minimum atomic E-state index is -0.972. The largest absolute Gasteiger partial charge is 0.337 e. The number of imidazole rings is 1. The van der Waals surface area contributed by atoms with Gasteiger partial charge in [0.15, 0.2) is 11.0 Å². The number of nitrogens with one attached hydrogen (secondary N) is 1. The maximum absolute atomic E-state index is 12.7. The summed E-state index contributed by atoms with van der Waals surface area (Å²) in [6.07, 6.45) is 7.52. The molecule has 1 fully saturated rings. The van der Waals surface area contributed by atoms with Crippen molar-refractivity contribution in [3.63, 3.8) is 0 Å². The molecule has 2 aromatic rings. The number of carbonyl (C=O) groups is 2. The number of amides is 2. The molecule has 8 heteroatoms. The molecule has 1 aromatic heterocycles. The van der Waals surface area contributed by atoms with Gasteiger partial charge in [0.2, 0.25) is 5.91 Å². The Kier molecular flexibility index (Phi) is 5.30. The average Bonchev–Trinajstić information content (AvgIpc) is 3.11. The zero-order chi connectivity index (χ0) is 17.6. The highest BCUT2D eigenvalue weighted by Gasteiger charge is 2.38. The van der Waals surface area contributed by atoms with E-state index in [-0.39, 0.29) is 5.11 Å². The number of thiocarbonyl (C=S) groups is 1. The number of hydrogen-bond donors (Lipinski definition) is 1. The van der Waals surface area contributed by atoms with Gasteiger partial charge < -0.3 is 9.88 Å². The number of hydrogen-bond acceptors (Lipinski definition) is 5. The van der Waals surface area contributed by atoms with Crippen LogP contribution in [0.2, 0.25) is 0 Å². The van der Waals surface area contributed by atoms with E-state index in [9.17, 15) is 9.59 Å². The van der Waals surface area contributed by atoms with Gasteiger partial charge in [0.1, 0.15) is 0 Å². The van der Waals surface area contributed by atoms with Gasteiger partial charge in [-0.1, -0.05) is 18.2 Å². The summed E-state index contributed by atoms with van der Waals surface area (Å²) in [6.45, 7) is 1.30. The smallest absolute Gasteiger partial charge is 0.251 e. The molecule has 0 bridgehead atoms. The minimum absolute atomic E-state index is 0.0888. The van der Waals surface area contributed by atoms with Crippen LogP contribution in [0.15, 0.2) is 54.0 Å². The second kappa shape index (κ2) is 7.80. The molecule has 3 rings (SSSR count). The van der Waals surface area contributed by atoms with Crippen LogP contribution in [0.25, 0.3) is 0 Å². The number of aryl methyl sites for hydroxylation is 1. The number of para-hydroxylation sites is 1. The van der Waals surface area contributed by atoms with E-state index in [1.165, 1.54) is 11.1 Å². The Bertz CT molecular complexity index is 789. The first kappa shape index (κ1) is 17.0. The summed E-state index contributed by atoms with van der Waals surface area (Å²) in [5.74, 6) is -1.81. The van der Waals surface area contributed by atoms with E-state index in [1.54, 1.807) is 36.8 Å². The highest BCUT2D eigenvalue weighted by atomic mass is 32.1. The molecule has 1 N–H and O–H groups in total. The van der Waals surface area contributed by atoms with Crippen LogP contribution in [-0.4, -0.2) is 39.2 Å². The summed E-state index contributed by atoms with van der Waals surface area (Å²) < 4.78 is 1.95. The maximum atomic E-state index is 12.7.